The number of benzene rings is 3. The Bertz CT molecular complexity index is 1130. The Kier molecular flexibility index (Phi) is 5.50. The fraction of sp³-hybridized carbons (Fsp3) is 0.0435. The number of anilines is 1. The quantitative estimate of drug-likeness (QED) is 0.486. The summed E-state index contributed by atoms with van der Waals surface area (Å²) in [4.78, 5) is 25.2. The van der Waals surface area contributed by atoms with Crippen molar-refractivity contribution in [1.29, 1.82) is 0 Å². The summed E-state index contributed by atoms with van der Waals surface area (Å²) in [5, 5.41) is 1.45. The van der Waals surface area contributed by atoms with Crippen LogP contribution in [0.4, 0.5) is 10.1 Å². The van der Waals surface area contributed by atoms with Gasteiger partial charge in [0.2, 0.25) is 0 Å². The molecule has 1 aliphatic rings. The maximum atomic E-state index is 14.0. The number of carbonyl (C=O) groups excluding carboxylic acids is 2. The van der Waals surface area contributed by atoms with Crippen LogP contribution in [0.5, 0.6) is 5.75 Å². The number of halogens is 2. The van der Waals surface area contributed by atoms with Gasteiger partial charge >= 0.3 is 0 Å². The van der Waals surface area contributed by atoms with E-state index in [9.17, 15) is 14.0 Å². The summed E-state index contributed by atoms with van der Waals surface area (Å²) in [6, 6.07) is 20.1. The standard InChI is InChI=1S/C23H16ClFN2O3/c24-19-10-6-11-20(25)18(19)14-30-21-12-5-4-7-15(21)13-17-22(28)26-27(23(17)29)16-8-2-1-3-9-16/h1-13H,14H2,(H,26,28)/b17-13+. The smallest absolute Gasteiger partial charge is 0.282 e. The Balaban J connectivity index is 1.60. The zero-order valence-electron chi connectivity index (χ0n) is 15.6. The first-order valence-corrected chi connectivity index (χ1v) is 9.49. The van der Waals surface area contributed by atoms with Gasteiger partial charge in [-0.2, -0.15) is 0 Å². The van der Waals surface area contributed by atoms with Gasteiger partial charge in [-0.3, -0.25) is 15.0 Å². The van der Waals surface area contributed by atoms with Crippen LogP contribution >= 0.6 is 11.6 Å². The lowest BCUT2D eigenvalue weighted by molar-refractivity contribution is -0.117. The maximum Gasteiger partial charge on any atom is 0.282 e. The van der Waals surface area contributed by atoms with E-state index in [-0.39, 0.29) is 22.8 Å². The molecule has 2 amide bonds. The summed E-state index contributed by atoms with van der Waals surface area (Å²) in [5.74, 6) is -1.07. The summed E-state index contributed by atoms with van der Waals surface area (Å²) in [6.07, 6.45) is 1.46. The van der Waals surface area contributed by atoms with Crippen LogP contribution in [0.3, 0.4) is 0 Å². The van der Waals surface area contributed by atoms with Crippen molar-refractivity contribution in [3.8, 4) is 5.75 Å². The molecule has 0 bridgehead atoms. The molecule has 30 heavy (non-hydrogen) atoms. The molecule has 1 fully saturated rings. The van der Waals surface area contributed by atoms with Crippen LogP contribution in [0.1, 0.15) is 11.1 Å². The maximum absolute atomic E-state index is 14.0. The van der Waals surface area contributed by atoms with Crippen molar-refractivity contribution in [2.75, 3.05) is 5.01 Å². The Morgan fingerprint density at radius 1 is 0.967 bits per heavy atom. The lowest BCUT2D eigenvalue weighted by Crippen LogP contribution is -2.35. The third-order valence-electron chi connectivity index (χ3n) is 4.56. The van der Waals surface area contributed by atoms with Crippen LogP contribution in [0.25, 0.3) is 6.08 Å². The molecule has 0 aliphatic carbocycles. The first-order chi connectivity index (χ1) is 14.5. The van der Waals surface area contributed by atoms with Crippen molar-refractivity contribution in [3.63, 3.8) is 0 Å². The van der Waals surface area contributed by atoms with Crippen LogP contribution in [0, 0.1) is 5.82 Å². The predicted molar refractivity (Wildman–Crippen MR) is 112 cm³/mol. The molecule has 0 radical (unpaired) electrons. The molecule has 150 valence electrons. The lowest BCUT2D eigenvalue weighted by Gasteiger charge is -2.14. The molecule has 7 heteroatoms. The SMILES string of the molecule is O=C1NN(c2ccccc2)C(=O)/C1=C/c1ccccc1OCc1c(F)cccc1Cl. The number of rotatable bonds is 5. The highest BCUT2D eigenvalue weighted by Gasteiger charge is 2.34. The number of para-hydroxylation sites is 2. The highest BCUT2D eigenvalue weighted by molar-refractivity contribution is 6.32. The van der Waals surface area contributed by atoms with E-state index in [0.29, 0.717) is 17.0 Å². The van der Waals surface area contributed by atoms with E-state index in [2.05, 4.69) is 5.43 Å². The van der Waals surface area contributed by atoms with E-state index >= 15 is 0 Å². The van der Waals surface area contributed by atoms with Gasteiger partial charge in [0, 0.05) is 11.1 Å². The largest absolute Gasteiger partial charge is 0.488 e. The van der Waals surface area contributed by atoms with E-state index < -0.39 is 17.6 Å². The van der Waals surface area contributed by atoms with Crippen molar-refractivity contribution in [3.05, 3.63) is 100 Å². The van der Waals surface area contributed by atoms with Crippen molar-refractivity contribution in [2.45, 2.75) is 6.61 Å². The number of hydrazine groups is 1. The fourth-order valence-electron chi connectivity index (χ4n) is 3.02. The van der Waals surface area contributed by atoms with Gasteiger partial charge < -0.3 is 4.74 Å². The molecule has 1 saturated heterocycles. The van der Waals surface area contributed by atoms with Crippen molar-refractivity contribution < 1.29 is 18.7 Å². The summed E-state index contributed by atoms with van der Waals surface area (Å²) >= 11 is 6.05. The van der Waals surface area contributed by atoms with E-state index in [4.69, 9.17) is 16.3 Å². The minimum absolute atomic E-state index is 0.0289. The summed E-state index contributed by atoms with van der Waals surface area (Å²) in [6.45, 7) is -0.0953. The second-order valence-electron chi connectivity index (χ2n) is 6.50. The van der Waals surface area contributed by atoms with Crippen LogP contribution in [0.15, 0.2) is 78.4 Å². The van der Waals surface area contributed by atoms with Crippen LogP contribution in [-0.4, -0.2) is 11.8 Å². The molecule has 1 N–H and O–H groups in total. The van der Waals surface area contributed by atoms with Gasteiger partial charge in [0.15, 0.2) is 0 Å². The second-order valence-corrected chi connectivity index (χ2v) is 6.91. The molecular weight excluding hydrogens is 407 g/mol. The first-order valence-electron chi connectivity index (χ1n) is 9.11. The highest BCUT2D eigenvalue weighted by Crippen LogP contribution is 2.27. The monoisotopic (exact) mass is 422 g/mol. The Hall–Kier alpha value is -3.64. The normalized spacial score (nSPS) is 14.9. The number of carbonyl (C=O) groups is 2. The average molecular weight is 423 g/mol. The summed E-state index contributed by atoms with van der Waals surface area (Å²) < 4.78 is 19.8. The lowest BCUT2D eigenvalue weighted by atomic mass is 10.1. The van der Waals surface area contributed by atoms with Crippen LogP contribution in [0.2, 0.25) is 5.02 Å². The van der Waals surface area contributed by atoms with Gasteiger partial charge in [0.05, 0.1) is 10.7 Å². The average Bonchev–Trinajstić information content (AvgIpc) is 3.03. The molecule has 0 saturated carbocycles. The van der Waals surface area contributed by atoms with Gasteiger partial charge in [-0.15, -0.1) is 0 Å². The van der Waals surface area contributed by atoms with Crippen molar-refractivity contribution >= 4 is 35.2 Å². The van der Waals surface area contributed by atoms with Gasteiger partial charge in [-0.05, 0) is 36.4 Å². The number of nitrogens with zero attached hydrogens (tertiary/aromatic N) is 1. The van der Waals surface area contributed by atoms with Gasteiger partial charge in [0.1, 0.15) is 23.7 Å². The van der Waals surface area contributed by atoms with Gasteiger partial charge in [-0.1, -0.05) is 54.1 Å². The van der Waals surface area contributed by atoms with E-state index in [1.54, 1.807) is 54.6 Å². The Morgan fingerprint density at radius 3 is 2.47 bits per heavy atom. The zero-order valence-corrected chi connectivity index (χ0v) is 16.4. The molecule has 3 aromatic rings. The second kappa shape index (κ2) is 8.39. The first kappa shape index (κ1) is 19.7. The van der Waals surface area contributed by atoms with E-state index in [1.165, 1.54) is 23.2 Å². The predicted octanol–water partition coefficient (Wildman–Crippen LogP) is 4.52. The summed E-state index contributed by atoms with van der Waals surface area (Å²) in [7, 11) is 0. The van der Waals surface area contributed by atoms with E-state index in [0.717, 1.165) is 0 Å². The van der Waals surface area contributed by atoms with Crippen LogP contribution < -0.4 is 15.2 Å². The third kappa shape index (κ3) is 3.90. The molecule has 1 heterocycles. The fourth-order valence-corrected chi connectivity index (χ4v) is 3.24. The number of ether oxygens (including phenoxy) is 1. The van der Waals surface area contributed by atoms with Gasteiger partial charge in [-0.25, -0.2) is 9.40 Å². The molecule has 0 aromatic heterocycles. The molecule has 5 nitrogen and oxygen atoms in total. The zero-order chi connectivity index (χ0) is 21.1. The van der Waals surface area contributed by atoms with E-state index in [1.807, 2.05) is 6.07 Å². The number of hydrogen-bond acceptors (Lipinski definition) is 3. The molecule has 1 aliphatic heterocycles. The minimum atomic E-state index is -0.518. The summed E-state index contributed by atoms with van der Waals surface area (Å²) in [5.41, 5.74) is 3.82. The molecule has 3 aromatic carbocycles. The topological polar surface area (TPSA) is 58.6 Å². The van der Waals surface area contributed by atoms with Crippen molar-refractivity contribution in [2.24, 2.45) is 0 Å². The Labute approximate surface area is 177 Å². The highest BCUT2D eigenvalue weighted by atomic mass is 35.5. The molecule has 0 spiro atoms. The van der Waals surface area contributed by atoms with Crippen LogP contribution in [-0.2, 0) is 16.2 Å². The number of hydrogen-bond donors (Lipinski definition) is 1. The molecule has 0 atom stereocenters. The molecule has 4 rings (SSSR count). The van der Waals surface area contributed by atoms with Gasteiger partial charge in [0.25, 0.3) is 11.8 Å². The molecule has 0 unspecified atom stereocenters. The molecular formula is C23H16ClFN2O3. The van der Waals surface area contributed by atoms with Crippen molar-refractivity contribution in [1.82, 2.24) is 5.43 Å². The number of nitrogens with one attached hydrogen (secondary N) is 1. The minimum Gasteiger partial charge on any atom is -0.488 e. The Morgan fingerprint density at radius 2 is 1.70 bits per heavy atom. The third-order valence-corrected chi connectivity index (χ3v) is 4.91. The number of amides is 2.